The molecule has 25 heavy (non-hydrogen) atoms. The lowest BCUT2D eigenvalue weighted by Crippen LogP contribution is -2.36. The molecule has 0 aliphatic rings. The van der Waals surface area contributed by atoms with Gasteiger partial charge in [-0.1, -0.05) is 17.7 Å². The Kier molecular flexibility index (Phi) is 6.92. The second-order valence-corrected chi connectivity index (χ2v) is 6.90. The molecule has 1 aromatic heterocycles. The van der Waals surface area contributed by atoms with E-state index < -0.39 is 0 Å². The Morgan fingerprint density at radius 2 is 1.96 bits per heavy atom. The number of nitrogens with zero attached hydrogens (tertiary/aromatic N) is 1. The minimum atomic E-state index is -0.336. The molecule has 0 aliphatic carbocycles. The van der Waals surface area contributed by atoms with E-state index in [1.165, 1.54) is 19.1 Å². The molecule has 6 nitrogen and oxygen atoms in total. The lowest BCUT2D eigenvalue weighted by molar-refractivity contribution is 0.244. The second-order valence-electron chi connectivity index (χ2n) is 5.52. The van der Waals surface area contributed by atoms with Crippen LogP contribution >= 0.6 is 22.9 Å². The van der Waals surface area contributed by atoms with Crippen LogP contribution in [0.15, 0.2) is 29.6 Å². The molecular weight excluding hydrogens is 362 g/mol. The summed E-state index contributed by atoms with van der Waals surface area (Å²) < 4.78 is 10.4. The normalized spacial score (nSPS) is 11.9. The van der Waals surface area contributed by atoms with Gasteiger partial charge in [0, 0.05) is 23.6 Å². The molecule has 136 valence electrons. The molecule has 0 saturated heterocycles. The van der Waals surface area contributed by atoms with Gasteiger partial charge in [-0.15, -0.1) is 11.3 Å². The van der Waals surface area contributed by atoms with Crippen molar-refractivity contribution < 1.29 is 14.3 Å². The third-order valence-electron chi connectivity index (χ3n) is 3.67. The van der Waals surface area contributed by atoms with E-state index in [1.807, 2.05) is 25.5 Å². The topological polar surface area (TPSA) is 62.8 Å². The van der Waals surface area contributed by atoms with E-state index in [0.29, 0.717) is 28.8 Å². The van der Waals surface area contributed by atoms with Gasteiger partial charge in [0.15, 0.2) is 11.5 Å². The summed E-state index contributed by atoms with van der Waals surface area (Å²) in [5.41, 5.74) is 0.453. The number of benzene rings is 1. The second kappa shape index (κ2) is 8.94. The highest BCUT2D eigenvalue weighted by Crippen LogP contribution is 2.36. The molecule has 0 radical (unpaired) electrons. The van der Waals surface area contributed by atoms with Crippen molar-refractivity contribution in [2.75, 3.05) is 40.2 Å². The van der Waals surface area contributed by atoms with Gasteiger partial charge in [0.25, 0.3) is 0 Å². The zero-order valence-electron chi connectivity index (χ0n) is 14.6. The van der Waals surface area contributed by atoms with Crippen molar-refractivity contribution in [2.24, 2.45) is 0 Å². The first-order chi connectivity index (χ1) is 12.0. The Labute approximate surface area is 156 Å². The number of hydrogen-bond acceptors (Lipinski definition) is 5. The van der Waals surface area contributed by atoms with Gasteiger partial charge in [0.05, 0.1) is 31.0 Å². The van der Waals surface area contributed by atoms with Crippen LogP contribution in [0.4, 0.5) is 10.5 Å². The van der Waals surface area contributed by atoms with E-state index >= 15 is 0 Å². The number of halogens is 1. The van der Waals surface area contributed by atoms with E-state index in [4.69, 9.17) is 21.1 Å². The number of nitrogens with one attached hydrogen (secondary N) is 2. The van der Waals surface area contributed by atoms with Crippen LogP contribution in [-0.2, 0) is 0 Å². The highest BCUT2D eigenvalue weighted by molar-refractivity contribution is 7.10. The quantitative estimate of drug-likeness (QED) is 0.762. The van der Waals surface area contributed by atoms with Gasteiger partial charge in [-0.3, -0.25) is 0 Å². The number of rotatable bonds is 7. The number of anilines is 1. The van der Waals surface area contributed by atoms with Crippen LogP contribution in [0, 0.1) is 0 Å². The summed E-state index contributed by atoms with van der Waals surface area (Å²) in [6.45, 7) is 0.476. The van der Waals surface area contributed by atoms with Gasteiger partial charge >= 0.3 is 6.03 Å². The van der Waals surface area contributed by atoms with E-state index in [0.717, 1.165) is 0 Å². The number of likely N-dealkylation sites (N-methyl/N-ethyl adjacent to an activating group) is 1. The number of ether oxygens (including phenoxy) is 2. The number of amides is 2. The van der Waals surface area contributed by atoms with Gasteiger partial charge in [0.1, 0.15) is 0 Å². The SMILES string of the molecule is COc1cc(Cl)c(NC(=O)NC[C@@H](c2cccs2)N(C)C)cc1OC. The Bertz CT molecular complexity index is 707. The first-order valence-electron chi connectivity index (χ1n) is 7.62. The summed E-state index contributed by atoms with van der Waals surface area (Å²) in [6, 6.07) is 7.05. The van der Waals surface area contributed by atoms with Crippen molar-refractivity contribution in [3.05, 3.63) is 39.5 Å². The monoisotopic (exact) mass is 383 g/mol. The van der Waals surface area contributed by atoms with Crippen molar-refractivity contribution >= 4 is 34.7 Å². The molecular formula is C17H22ClN3O3S. The lowest BCUT2D eigenvalue weighted by Gasteiger charge is -2.23. The van der Waals surface area contributed by atoms with Crippen LogP contribution in [0.25, 0.3) is 0 Å². The van der Waals surface area contributed by atoms with E-state index in [9.17, 15) is 4.79 Å². The minimum absolute atomic E-state index is 0.103. The predicted molar refractivity (Wildman–Crippen MR) is 102 cm³/mol. The molecule has 0 aliphatic heterocycles. The summed E-state index contributed by atoms with van der Waals surface area (Å²) in [5, 5.41) is 8.02. The Morgan fingerprint density at radius 1 is 1.28 bits per heavy atom. The lowest BCUT2D eigenvalue weighted by atomic mass is 10.2. The molecule has 0 fully saturated rings. The van der Waals surface area contributed by atoms with Crippen molar-refractivity contribution in [2.45, 2.75) is 6.04 Å². The zero-order valence-corrected chi connectivity index (χ0v) is 16.2. The maximum atomic E-state index is 12.2. The number of thiophene rings is 1. The summed E-state index contributed by atoms with van der Waals surface area (Å²) in [7, 11) is 7.02. The predicted octanol–water partition coefficient (Wildman–Crippen LogP) is 3.84. The van der Waals surface area contributed by atoms with Gasteiger partial charge in [0.2, 0.25) is 0 Å². The Balaban J connectivity index is 2.02. The Morgan fingerprint density at radius 3 is 2.52 bits per heavy atom. The number of urea groups is 1. The van der Waals surface area contributed by atoms with Crippen molar-refractivity contribution in [1.82, 2.24) is 10.2 Å². The van der Waals surface area contributed by atoms with Crippen LogP contribution in [-0.4, -0.2) is 45.8 Å². The zero-order chi connectivity index (χ0) is 18.4. The molecule has 0 spiro atoms. The van der Waals surface area contributed by atoms with Crippen LogP contribution in [0.2, 0.25) is 5.02 Å². The van der Waals surface area contributed by atoms with E-state index in [-0.39, 0.29) is 12.1 Å². The summed E-state index contributed by atoms with van der Waals surface area (Å²) >= 11 is 7.85. The van der Waals surface area contributed by atoms with Crippen LogP contribution in [0.1, 0.15) is 10.9 Å². The molecule has 1 aromatic carbocycles. The molecule has 1 heterocycles. The van der Waals surface area contributed by atoms with Crippen LogP contribution in [0.3, 0.4) is 0 Å². The largest absolute Gasteiger partial charge is 0.493 e. The van der Waals surface area contributed by atoms with E-state index in [2.05, 4.69) is 21.6 Å². The van der Waals surface area contributed by atoms with Crippen molar-refractivity contribution in [1.29, 1.82) is 0 Å². The van der Waals surface area contributed by atoms with Gasteiger partial charge in [-0.05, 0) is 25.5 Å². The fourth-order valence-corrected chi connectivity index (χ4v) is 3.45. The number of carbonyl (C=O) groups is 1. The van der Waals surface area contributed by atoms with Crippen LogP contribution < -0.4 is 20.1 Å². The van der Waals surface area contributed by atoms with Crippen LogP contribution in [0.5, 0.6) is 11.5 Å². The Hall–Kier alpha value is -1.96. The molecule has 0 unspecified atom stereocenters. The average Bonchev–Trinajstić information content (AvgIpc) is 3.10. The molecule has 1 atom stereocenters. The smallest absolute Gasteiger partial charge is 0.319 e. The first kappa shape index (κ1) is 19.4. The maximum absolute atomic E-state index is 12.2. The number of hydrogen-bond donors (Lipinski definition) is 2. The molecule has 2 N–H and O–H groups in total. The van der Waals surface area contributed by atoms with E-state index in [1.54, 1.807) is 23.5 Å². The molecule has 2 rings (SSSR count). The minimum Gasteiger partial charge on any atom is -0.493 e. The third kappa shape index (κ3) is 5.01. The standard InChI is InChI=1S/C17H22ClN3O3S/c1-21(2)13(16-6-5-7-25-16)10-19-17(22)20-12-9-15(24-4)14(23-3)8-11(12)18/h5-9,13H,10H2,1-4H3,(H2,19,20,22)/t13-/m0/s1. The number of carbonyl (C=O) groups excluding carboxylic acids is 1. The van der Waals surface area contributed by atoms with Gasteiger partial charge < -0.3 is 25.0 Å². The summed E-state index contributed by atoms with van der Waals surface area (Å²) in [5.74, 6) is 0.996. The van der Waals surface area contributed by atoms with Gasteiger partial charge in [-0.2, -0.15) is 0 Å². The maximum Gasteiger partial charge on any atom is 0.319 e. The number of methoxy groups -OCH3 is 2. The third-order valence-corrected chi connectivity index (χ3v) is 4.96. The van der Waals surface area contributed by atoms with Crippen molar-refractivity contribution in [3.63, 3.8) is 0 Å². The molecule has 2 amide bonds. The molecule has 0 bridgehead atoms. The highest BCUT2D eigenvalue weighted by Gasteiger charge is 2.17. The summed E-state index contributed by atoms with van der Waals surface area (Å²) in [4.78, 5) is 15.5. The molecule has 2 aromatic rings. The fraction of sp³-hybridized carbons (Fsp3) is 0.353. The molecule has 8 heteroatoms. The molecule has 0 saturated carbocycles. The average molecular weight is 384 g/mol. The fourth-order valence-electron chi connectivity index (χ4n) is 2.32. The van der Waals surface area contributed by atoms with Gasteiger partial charge in [-0.25, -0.2) is 4.79 Å². The first-order valence-corrected chi connectivity index (χ1v) is 8.88. The van der Waals surface area contributed by atoms with Crippen molar-refractivity contribution in [3.8, 4) is 11.5 Å². The highest BCUT2D eigenvalue weighted by atomic mass is 35.5. The summed E-state index contributed by atoms with van der Waals surface area (Å²) in [6.07, 6.45) is 0.